The largest absolute Gasteiger partial charge is 0.490 e. The van der Waals surface area contributed by atoms with Crippen LogP contribution in [0.15, 0.2) is 18.2 Å². The van der Waals surface area contributed by atoms with Gasteiger partial charge in [0.1, 0.15) is 0 Å². The van der Waals surface area contributed by atoms with Gasteiger partial charge in [-0.2, -0.15) is 0 Å². The summed E-state index contributed by atoms with van der Waals surface area (Å²) in [5.74, 6) is 1.74. The van der Waals surface area contributed by atoms with Gasteiger partial charge in [-0.05, 0) is 37.5 Å². The first kappa shape index (κ1) is 13.7. The van der Waals surface area contributed by atoms with Gasteiger partial charge < -0.3 is 19.5 Å². The fourth-order valence-electron chi connectivity index (χ4n) is 2.76. The molecule has 1 N–H and O–H groups in total. The van der Waals surface area contributed by atoms with E-state index in [4.69, 9.17) is 14.2 Å². The zero-order valence-corrected chi connectivity index (χ0v) is 12.1. The van der Waals surface area contributed by atoms with E-state index in [0.29, 0.717) is 12.1 Å². The number of nitrogens with one attached hydrogen (secondary N) is 1. The second-order valence-corrected chi connectivity index (χ2v) is 5.62. The molecule has 0 aromatic heterocycles. The van der Waals surface area contributed by atoms with Crippen LogP contribution in [0.4, 0.5) is 0 Å². The van der Waals surface area contributed by atoms with E-state index in [2.05, 4.69) is 24.4 Å². The van der Waals surface area contributed by atoms with Crippen LogP contribution in [-0.2, 0) is 11.3 Å². The number of benzene rings is 1. The number of hydrogen-bond acceptors (Lipinski definition) is 4. The topological polar surface area (TPSA) is 39.7 Å². The minimum Gasteiger partial charge on any atom is -0.490 e. The summed E-state index contributed by atoms with van der Waals surface area (Å²) < 4.78 is 16.9. The van der Waals surface area contributed by atoms with Gasteiger partial charge >= 0.3 is 0 Å². The molecule has 20 heavy (non-hydrogen) atoms. The molecule has 2 unspecified atom stereocenters. The van der Waals surface area contributed by atoms with Crippen LogP contribution < -0.4 is 14.8 Å². The Morgan fingerprint density at radius 3 is 2.85 bits per heavy atom. The molecular weight excluding hydrogens is 254 g/mol. The Bertz CT molecular complexity index is 449. The number of rotatable bonds is 3. The molecule has 3 rings (SSSR count). The van der Waals surface area contributed by atoms with Gasteiger partial charge in [-0.15, -0.1) is 0 Å². The van der Waals surface area contributed by atoms with Gasteiger partial charge in [-0.1, -0.05) is 6.07 Å². The lowest BCUT2D eigenvalue weighted by Crippen LogP contribution is -2.37. The van der Waals surface area contributed by atoms with Gasteiger partial charge in [0, 0.05) is 25.6 Å². The van der Waals surface area contributed by atoms with Crippen molar-refractivity contribution in [3.63, 3.8) is 0 Å². The average Bonchev–Trinajstić information content (AvgIpc) is 2.70. The van der Waals surface area contributed by atoms with E-state index < -0.39 is 0 Å². The van der Waals surface area contributed by atoms with Crippen molar-refractivity contribution < 1.29 is 14.2 Å². The predicted molar refractivity (Wildman–Crippen MR) is 77.3 cm³/mol. The quantitative estimate of drug-likeness (QED) is 0.921. The molecule has 2 atom stereocenters. The van der Waals surface area contributed by atoms with E-state index in [0.717, 1.165) is 57.1 Å². The molecule has 0 aliphatic carbocycles. The maximum absolute atomic E-state index is 5.73. The third-order valence-electron chi connectivity index (χ3n) is 3.89. The van der Waals surface area contributed by atoms with Crippen LogP contribution in [0.2, 0.25) is 0 Å². The molecule has 1 saturated heterocycles. The molecule has 110 valence electrons. The standard InChI is InChI=1S/C16H23NO3/c1-12-9-14(5-8-18-12)17-11-13-3-4-15-16(10-13)20-7-2-6-19-15/h3-4,10,12,14,17H,2,5-9,11H2,1H3. The monoisotopic (exact) mass is 277 g/mol. The fourth-order valence-corrected chi connectivity index (χ4v) is 2.76. The maximum atomic E-state index is 5.73. The van der Waals surface area contributed by atoms with Gasteiger partial charge in [0.25, 0.3) is 0 Å². The zero-order valence-electron chi connectivity index (χ0n) is 12.1. The highest BCUT2D eigenvalue weighted by Gasteiger charge is 2.19. The molecule has 0 spiro atoms. The fraction of sp³-hybridized carbons (Fsp3) is 0.625. The molecule has 2 heterocycles. The minimum atomic E-state index is 0.366. The summed E-state index contributed by atoms with van der Waals surface area (Å²) >= 11 is 0. The number of fused-ring (bicyclic) bond motifs is 1. The Hall–Kier alpha value is -1.26. The van der Waals surface area contributed by atoms with Crippen molar-refractivity contribution in [2.24, 2.45) is 0 Å². The lowest BCUT2D eigenvalue weighted by molar-refractivity contribution is 0.0130. The molecule has 1 fully saturated rings. The molecule has 0 bridgehead atoms. The molecule has 2 aliphatic heterocycles. The summed E-state index contributed by atoms with van der Waals surface area (Å²) in [6, 6.07) is 6.78. The molecule has 1 aromatic carbocycles. The van der Waals surface area contributed by atoms with Crippen molar-refractivity contribution in [1.29, 1.82) is 0 Å². The number of ether oxygens (including phenoxy) is 3. The second kappa shape index (κ2) is 6.46. The minimum absolute atomic E-state index is 0.366. The van der Waals surface area contributed by atoms with Crippen molar-refractivity contribution in [3.8, 4) is 11.5 Å². The summed E-state index contributed by atoms with van der Waals surface area (Å²) in [5.41, 5.74) is 1.24. The van der Waals surface area contributed by atoms with Crippen molar-refractivity contribution in [2.45, 2.75) is 44.9 Å². The van der Waals surface area contributed by atoms with E-state index in [1.165, 1.54) is 5.56 Å². The summed E-state index contributed by atoms with van der Waals surface area (Å²) in [6.45, 7) is 5.35. The molecule has 0 saturated carbocycles. The smallest absolute Gasteiger partial charge is 0.161 e. The van der Waals surface area contributed by atoms with E-state index in [-0.39, 0.29) is 0 Å². The van der Waals surface area contributed by atoms with E-state index in [1.54, 1.807) is 0 Å². The van der Waals surface area contributed by atoms with Gasteiger partial charge in [-0.3, -0.25) is 0 Å². The van der Waals surface area contributed by atoms with Crippen LogP contribution in [-0.4, -0.2) is 32.0 Å². The summed E-state index contributed by atoms with van der Waals surface area (Å²) in [6.07, 6.45) is 3.49. The lowest BCUT2D eigenvalue weighted by atomic mass is 10.0. The van der Waals surface area contributed by atoms with E-state index in [9.17, 15) is 0 Å². The highest BCUT2D eigenvalue weighted by atomic mass is 16.5. The van der Waals surface area contributed by atoms with Crippen molar-refractivity contribution in [3.05, 3.63) is 23.8 Å². The second-order valence-electron chi connectivity index (χ2n) is 5.62. The van der Waals surface area contributed by atoms with Crippen LogP contribution in [0, 0.1) is 0 Å². The molecule has 4 nitrogen and oxygen atoms in total. The molecule has 0 amide bonds. The summed E-state index contributed by atoms with van der Waals surface area (Å²) in [5, 5.41) is 3.61. The van der Waals surface area contributed by atoms with Gasteiger partial charge in [0.05, 0.1) is 19.3 Å². The SMILES string of the molecule is CC1CC(NCc2ccc3c(c2)OCCCO3)CCO1. The Labute approximate surface area is 120 Å². The normalized spacial score (nSPS) is 26.1. The van der Waals surface area contributed by atoms with Crippen LogP contribution in [0.1, 0.15) is 31.7 Å². The average molecular weight is 277 g/mol. The number of hydrogen-bond donors (Lipinski definition) is 1. The Morgan fingerprint density at radius 2 is 2.00 bits per heavy atom. The third-order valence-corrected chi connectivity index (χ3v) is 3.89. The highest BCUT2D eigenvalue weighted by molar-refractivity contribution is 5.43. The van der Waals surface area contributed by atoms with E-state index in [1.807, 2.05) is 6.07 Å². The molecule has 0 radical (unpaired) electrons. The summed E-state index contributed by atoms with van der Waals surface area (Å²) in [7, 11) is 0. The first-order valence-corrected chi connectivity index (χ1v) is 7.55. The molecular formula is C16H23NO3. The Balaban J connectivity index is 1.59. The van der Waals surface area contributed by atoms with Crippen LogP contribution in [0.5, 0.6) is 11.5 Å². The molecule has 4 heteroatoms. The third kappa shape index (κ3) is 3.44. The van der Waals surface area contributed by atoms with Gasteiger partial charge in [0.2, 0.25) is 0 Å². The summed E-state index contributed by atoms with van der Waals surface area (Å²) in [4.78, 5) is 0. The Morgan fingerprint density at radius 1 is 1.15 bits per heavy atom. The molecule has 1 aromatic rings. The Kier molecular flexibility index (Phi) is 4.43. The lowest BCUT2D eigenvalue weighted by Gasteiger charge is -2.28. The van der Waals surface area contributed by atoms with Gasteiger partial charge in [-0.25, -0.2) is 0 Å². The van der Waals surface area contributed by atoms with Crippen molar-refractivity contribution in [2.75, 3.05) is 19.8 Å². The van der Waals surface area contributed by atoms with Gasteiger partial charge in [0.15, 0.2) is 11.5 Å². The molecule has 2 aliphatic rings. The van der Waals surface area contributed by atoms with E-state index >= 15 is 0 Å². The highest BCUT2D eigenvalue weighted by Crippen LogP contribution is 2.30. The van der Waals surface area contributed by atoms with Crippen LogP contribution in [0.25, 0.3) is 0 Å². The van der Waals surface area contributed by atoms with Crippen molar-refractivity contribution in [1.82, 2.24) is 5.32 Å². The first-order valence-electron chi connectivity index (χ1n) is 7.55. The van der Waals surface area contributed by atoms with Crippen molar-refractivity contribution >= 4 is 0 Å². The maximum Gasteiger partial charge on any atom is 0.161 e. The zero-order chi connectivity index (χ0) is 13.8. The first-order chi connectivity index (χ1) is 9.81. The van der Waals surface area contributed by atoms with Crippen LogP contribution in [0.3, 0.4) is 0 Å². The predicted octanol–water partition coefficient (Wildman–Crippen LogP) is 2.51. The van der Waals surface area contributed by atoms with Crippen LogP contribution >= 0.6 is 0 Å².